The fourth-order valence-corrected chi connectivity index (χ4v) is 2.53. The molecule has 2 aromatic carbocycles. The van der Waals surface area contributed by atoms with Crippen LogP contribution in [0.4, 0.5) is 17.2 Å². The van der Waals surface area contributed by atoms with Crippen molar-refractivity contribution >= 4 is 34.7 Å². The summed E-state index contributed by atoms with van der Waals surface area (Å²) in [5.41, 5.74) is 1.82. The van der Waals surface area contributed by atoms with E-state index in [9.17, 15) is 4.79 Å². The molecule has 0 fully saturated rings. The van der Waals surface area contributed by atoms with Crippen molar-refractivity contribution in [3.63, 3.8) is 0 Å². The maximum Gasteiger partial charge on any atom is 0.257 e. The molecule has 6 heteroatoms. The van der Waals surface area contributed by atoms with Gasteiger partial charge in [0.2, 0.25) is 0 Å². The lowest BCUT2D eigenvalue weighted by Crippen LogP contribution is -2.13. The first-order valence-electron chi connectivity index (χ1n) is 8.18. The quantitative estimate of drug-likeness (QED) is 0.634. The zero-order valence-electron chi connectivity index (χ0n) is 14.2. The van der Waals surface area contributed by atoms with Gasteiger partial charge in [0.15, 0.2) is 0 Å². The Hall–Kier alpha value is -3.05. The number of anilines is 3. The minimum atomic E-state index is -0.256. The summed E-state index contributed by atoms with van der Waals surface area (Å²) in [7, 11) is 0. The molecular weight excluding hydrogens is 350 g/mol. The highest BCUT2D eigenvalue weighted by Gasteiger charge is 2.10. The second kappa shape index (κ2) is 8.36. The molecule has 0 aliphatic rings. The lowest BCUT2D eigenvalue weighted by atomic mass is 10.2. The SMILES string of the molecule is CCOc1ccccc1NC(=O)c1ccc(Nc2ccccc2Cl)nc1. The maximum absolute atomic E-state index is 12.4. The number of pyridine rings is 1. The number of ether oxygens (including phenoxy) is 1. The summed E-state index contributed by atoms with van der Waals surface area (Å²) in [6, 6.07) is 18.1. The second-order valence-electron chi connectivity index (χ2n) is 5.42. The van der Waals surface area contributed by atoms with Crippen LogP contribution in [0.1, 0.15) is 17.3 Å². The Morgan fingerprint density at radius 1 is 1.04 bits per heavy atom. The maximum atomic E-state index is 12.4. The molecule has 5 nitrogen and oxygen atoms in total. The number of amides is 1. The van der Waals surface area contributed by atoms with E-state index in [1.54, 1.807) is 24.3 Å². The Balaban J connectivity index is 1.70. The van der Waals surface area contributed by atoms with Crippen molar-refractivity contribution in [2.75, 3.05) is 17.2 Å². The topological polar surface area (TPSA) is 63.2 Å². The van der Waals surface area contributed by atoms with Crippen LogP contribution in [0.3, 0.4) is 0 Å². The molecular formula is C20H18ClN3O2. The average Bonchev–Trinajstić information content (AvgIpc) is 2.66. The highest BCUT2D eigenvalue weighted by atomic mass is 35.5. The van der Waals surface area contributed by atoms with E-state index in [2.05, 4.69) is 15.6 Å². The Labute approximate surface area is 157 Å². The van der Waals surface area contributed by atoms with Crippen LogP contribution in [-0.2, 0) is 0 Å². The van der Waals surface area contributed by atoms with Crippen LogP contribution in [0.2, 0.25) is 5.02 Å². The van der Waals surface area contributed by atoms with Gasteiger partial charge < -0.3 is 15.4 Å². The minimum absolute atomic E-state index is 0.256. The first kappa shape index (κ1) is 17.8. The number of nitrogens with zero attached hydrogens (tertiary/aromatic N) is 1. The molecule has 0 aliphatic carbocycles. The van der Waals surface area contributed by atoms with Gasteiger partial charge in [-0.1, -0.05) is 35.9 Å². The lowest BCUT2D eigenvalue weighted by Gasteiger charge is -2.11. The predicted octanol–water partition coefficient (Wildman–Crippen LogP) is 5.13. The Kier molecular flexibility index (Phi) is 5.71. The summed E-state index contributed by atoms with van der Waals surface area (Å²) in [6.07, 6.45) is 1.51. The molecule has 2 N–H and O–H groups in total. The number of aromatic nitrogens is 1. The van der Waals surface area contributed by atoms with Crippen molar-refractivity contribution in [2.45, 2.75) is 6.92 Å². The molecule has 132 valence electrons. The van der Waals surface area contributed by atoms with Gasteiger partial charge in [0, 0.05) is 6.20 Å². The highest BCUT2D eigenvalue weighted by Crippen LogP contribution is 2.25. The normalized spacial score (nSPS) is 10.2. The summed E-state index contributed by atoms with van der Waals surface area (Å²) >= 11 is 6.12. The fourth-order valence-electron chi connectivity index (χ4n) is 2.35. The standard InChI is InChI=1S/C20H18ClN3O2/c1-2-26-18-10-6-5-9-17(18)24-20(25)14-11-12-19(22-13-14)23-16-8-4-3-7-15(16)21/h3-13H,2H2,1H3,(H,22,23)(H,24,25). The molecule has 0 aliphatic heterocycles. The molecule has 0 radical (unpaired) electrons. The number of rotatable bonds is 6. The molecule has 1 amide bonds. The monoisotopic (exact) mass is 367 g/mol. The average molecular weight is 368 g/mol. The fraction of sp³-hybridized carbons (Fsp3) is 0.100. The van der Waals surface area contributed by atoms with E-state index in [1.807, 2.05) is 43.3 Å². The van der Waals surface area contributed by atoms with E-state index in [0.29, 0.717) is 34.4 Å². The molecule has 0 saturated carbocycles. The second-order valence-corrected chi connectivity index (χ2v) is 5.83. The van der Waals surface area contributed by atoms with Gasteiger partial charge in [-0.25, -0.2) is 4.98 Å². The number of carbonyl (C=O) groups excluding carboxylic acids is 1. The largest absolute Gasteiger partial charge is 0.492 e. The predicted molar refractivity (Wildman–Crippen MR) is 105 cm³/mol. The number of halogens is 1. The van der Waals surface area contributed by atoms with Gasteiger partial charge in [-0.2, -0.15) is 0 Å². The zero-order chi connectivity index (χ0) is 18.4. The highest BCUT2D eigenvalue weighted by molar-refractivity contribution is 6.33. The minimum Gasteiger partial charge on any atom is -0.492 e. The van der Waals surface area contributed by atoms with Crippen LogP contribution in [-0.4, -0.2) is 17.5 Å². The molecule has 0 bridgehead atoms. The Morgan fingerprint density at radius 2 is 1.77 bits per heavy atom. The van der Waals surface area contributed by atoms with Crippen LogP contribution in [0.5, 0.6) is 5.75 Å². The van der Waals surface area contributed by atoms with Crippen LogP contribution in [0.25, 0.3) is 0 Å². The summed E-state index contributed by atoms with van der Waals surface area (Å²) < 4.78 is 5.52. The molecule has 0 saturated heterocycles. The third-order valence-electron chi connectivity index (χ3n) is 3.60. The van der Waals surface area contributed by atoms with Crippen molar-refractivity contribution in [3.05, 3.63) is 77.4 Å². The van der Waals surface area contributed by atoms with Gasteiger partial charge >= 0.3 is 0 Å². The zero-order valence-corrected chi connectivity index (χ0v) is 15.0. The van der Waals surface area contributed by atoms with Crippen molar-refractivity contribution in [1.82, 2.24) is 4.98 Å². The molecule has 3 aromatic rings. The van der Waals surface area contributed by atoms with Crippen LogP contribution >= 0.6 is 11.6 Å². The van der Waals surface area contributed by atoms with E-state index in [4.69, 9.17) is 16.3 Å². The van der Waals surface area contributed by atoms with Gasteiger partial charge in [0.25, 0.3) is 5.91 Å². The van der Waals surface area contributed by atoms with Crippen LogP contribution in [0, 0.1) is 0 Å². The summed E-state index contributed by atoms with van der Waals surface area (Å²) in [4.78, 5) is 16.7. The Bertz CT molecular complexity index is 898. The summed E-state index contributed by atoms with van der Waals surface area (Å²) in [5, 5.41) is 6.56. The molecule has 0 atom stereocenters. The number of hydrogen-bond acceptors (Lipinski definition) is 4. The van der Waals surface area contributed by atoms with Gasteiger partial charge in [-0.3, -0.25) is 4.79 Å². The van der Waals surface area contributed by atoms with E-state index in [0.717, 1.165) is 5.69 Å². The number of benzene rings is 2. The van der Waals surface area contributed by atoms with Crippen LogP contribution < -0.4 is 15.4 Å². The molecule has 3 rings (SSSR count). The number of hydrogen-bond donors (Lipinski definition) is 2. The number of para-hydroxylation sites is 3. The molecule has 0 unspecified atom stereocenters. The summed E-state index contributed by atoms with van der Waals surface area (Å²) in [6.45, 7) is 2.42. The van der Waals surface area contributed by atoms with E-state index in [1.165, 1.54) is 6.20 Å². The first-order valence-corrected chi connectivity index (χ1v) is 8.56. The van der Waals surface area contributed by atoms with Crippen LogP contribution in [0.15, 0.2) is 66.9 Å². The smallest absolute Gasteiger partial charge is 0.257 e. The van der Waals surface area contributed by atoms with Crippen molar-refractivity contribution < 1.29 is 9.53 Å². The number of carbonyl (C=O) groups is 1. The summed E-state index contributed by atoms with van der Waals surface area (Å²) in [5.74, 6) is 0.978. The van der Waals surface area contributed by atoms with Crippen molar-refractivity contribution in [1.29, 1.82) is 0 Å². The number of nitrogens with one attached hydrogen (secondary N) is 2. The van der Waals surface area contributed by atoms with E-state index >= 15 is 0 Å². The molecule has 0 spiro atoms. The van der Waals surface area contributed by atoms with Gasteiger partial charge in [-0.15, -0.1) is 0 Å². The molecule has 26 heavy (non-hydrogen) atoms. The van der Waals surface area contributed by atoms with Gasteiger partial charge in [0.05, 0.1) is 28.6 Å². The molecule has 1 heterocycles. The van der Waals surface area contributed by atoms with E-state index < -0.39 is 0 Å². The third-order valence-corrected chi connectivity index (χ3v) is 3.93. The van der Waals surface area contributed by atoms with Gasteiger partial charge in [-0.05, 0) is 43.3 Å². The van der Waals surface area contributed by atoms with Gasteiger partial charge in [0.1, 0.15) is 11.6 Å². The molecule has 1 aromatic heterocycles. The van der Waals surface area contributed by atoms with Crippen molar-refractivity contribution in [3.8, 4) is 5.75 Å². The first-order chi connectivity index (χ1) is 12.7. The third kappa shape index (κ3) is 4.32. The van der Waals surface area contributed by atoms with Crippen molar-refractivity contribution in [2.24, 2.45) is 0 Å². The Morgan fingerprint density at radius 3 is 2.46 bits per heavy atom. The lowest BCUT2D eigenvalue weighted by molar-refractivity contribution is 0.102. The van der Waals surface area contributed by atoms with E-state index in [-0.39, 0.29) is 5.91 Å².